The number of nitrogens with one attached hydrogen (secondary N) is 1. The molecule has 2 N–H and O–H groups in total. The van der Waals surface area contributed by atoms with Crippen LogP contribution in [0.1, 0.15) is 24.5 Å². The van der Waals surface area contributed by atoms with E-state index in [0.717, 1.165) is 0 Å². The Balaban J connectivity index is 2.35. The van der Waals surface area contributed by atoms with Crippen LogP contribution in [0, 0.1) is 0 Å². The van der Waals surface area contributed by atoms with Gasteiger partial charge in [0.2, 0.25) is 10.0 Å². The van der Waals surface area contributed by atoms with Crippen molar-refractivity contribution in [2.75, 3.05) is 12.3 Å². The summed E-state index contributed by atoms with van der Waals surface area (Å²) in [5.41, 5.74) is 0.572. The van der Waals surface area contributed by atoms with Crippen molar-refractivity contribution in [2.45, 2.75) is 25.1 Å². The van der Waals surface area contributed by atoms with Crippen molar-refractivity contribution < 1.29 is 26.7 Å². The van der Waals surface area contributed by atoms with Gasteiger partial charge in [-0.2, -0.15) is 24.5 Å². The highest BCUT2D eigenvalue weighted by molar-refractivity contribution is 7.89. The summed E-state index contributed by atoms with van der Waals surface area (Å²) < 4.78 is 60.5. The topological polar surface area (TPSA) is 66.4 Å². The summed E-state index contributed by atoms with van der Waals surface area (Å²) in [7, 11) is -3.80. The molecular weight excluding hydrogens is 303 g/mol. The highest BCUT2D eigenvalue weighted by Gasteiger charge is 2.27. The van der Waals surface area contributed by atoms with Gasteiger partial charge in [0.05, 0.1) is 11.9 Å². The van der Waals surface area contributed by atoms with Crippen LogP contribution in [0.4, 0.5) is 13.2 Å². The fourth-order valence-corrected chi connectivity index (χ4v) is 3.11. The lowest BCUT2D eigenvalue weighted by Crippen LogP contribution is -2.30. The normalized spacial score (nSPS) is 14.5. The molecule has 1 aromatic rings. The van der Waals surface area contributed by atoms with Gasteiger partial charge in [0.25, 0.3) is 0 Å². The Labute approximate surface area is 113 Å². The largest absolute Gasteiger partial charge is 0.389 e. The smallest absolute Gasteiger partial charge is 0.387 e. The van der Waals surface area contributed by atoms with Gasteiger partial charge in [-0.1, -0.05) is 0 Å². The maximum atomic E-state index is 11.9. The van der Waals surface area contributed by atoms with Crippen LogP contribution in [-0.2, 0) is 10.0 Å². The number of sulfonamides is 1. The van der Waals surface area contributed by atoms with Gasteiger partial charge in [0.1, 0.15) is 0 Å². The minimum atomic E-state index is -4.36. The molecule has 0 aliphatic heterocycles. The van der Waals surface area contributed by atoms with E-state index >= 15 is 0 Å². The van der Waals surface area contributed by atoms with E-state index in [0.29, 0.717) is 5.56 Å². The molecule has 9 heteroatoms. The number of aliphatic hydroxyl groups excluding tert-OH is 1. The molecule has 0 aromatic carbocycles. The molecule has 0 aliphatic rings. The first-order chi connectivity index (χ1) is 8.70. The second-order valence-corrected chi connectivity index (χ2v) is 6.66. The molecule has 1 unspecified atom stereocenters. The molecule has 0 fully saturated rings. The van der Waals surface area contributed by atoms with E-state index in [1.807, 2.05) is 0 Å². The molecule has 110 valence electrons. The SMILES string of the molecule is O=S(=O)(CCCC(F)(F)F)NCC(O)c1ccsc1. The minimum Gasteiger partial charge on any atom is -0.387 e. The van der Waals surface area contributed by atoms with E-state index in [4.69, 9.17) is 0 Å². The summed E-state index contributed by atoms with van der Waals surface area (Å²) in [4.78, 5) is 0. The summed E-state index contributed by atoms with van der Waals surface area (Å²) in [6.07, 6.45) is -6.98. The third-order valence-corrected chi connectivity index (χ3v) is 4.43. The summed E-state index contributed by atoms with van der Waals surface area (Å²) in [5.74, 6) is -0.608. The maximum Gasteiger partial charge on any atom is 0.389 e. The van der Waals surface area contributed by atoms with Crippen molar-refractivity contribution in [3.8, 4) is 0 Å². The number of rotatable bonds is 7. The fourth-order valence-electron chi connectivity index (χ4n) is 1.32. The number of hydrogen-bond donors (Lipinski definition) is 2. The van der Waals surface area contributed by atoms with E-state index in [-0.39, 0.29) is 6.54 Å². The quantitative estimate of drug-likeness (QED) is 0.809. The molecule has 4 nitrogen and oxygen atoms in total. The molecular formula is C10H14F3NO3S2. The molecule has 0 amide bonds. The van der Waals surface area contributed by atoms with Gasteiger partial charge >= 0.3 is 6.18 Å². The molecule has 1 aromatic heterocycles. The molecule has 0 radical (unpaired) electrons. The predicted molar refractivity (Wildman–Crippen MR) is 66.4 cm³/mol. The Hall–Kier alpha value is -0.640. The summed E-state index contributed by atoms with van der Waals surface area (Å²) >= 11 is 1.36. The lowest BCUT2D eigenvalue weighted by atomic mass is 10.2. The Kier molecular flexibility index (Phi) is 5.78. The Morgan fingerprint density at radius 1 is 1.42 bits per heavy atom. The molecule has 0 spiro atoms. The van der Waals surface area contributed by atoms with Crippen LogP contribution in [0.15, 0.2) is 16.8 Å². The standard InChI is InChI=1S/C10H14F3NO3S2/c11-10(12,13)3-1-5-19(16,17)14-6-9(15)8-2-4-18-7-8/h2,4,7,9,14-15H,1,3,5-6H2. The Bertz CT molecular complexity index is 471. The molecule has 0 aliphatic carbocycles. The number of hydrogen-bond acceptors (Lipinski definition) is 4. The van der Waals surface area contributed by atoms with E-state index in [9.17, 15) is 26.7 Å². The van der Waals surface area contributed by atoms with Crippen LogP contribution in [0.3, 0.4) is 0 Å². The molecule has 0 saturated carbocycles. The molecule has 1 rings (SSSR count). The lowest BCUT2D eigenvalue weighted by molar-refractivity contribution is -0.134. The number of alkyl halides is 3. The predicted octanol–water partition coefficient (Wildman–Crippen LogP) is 2.04. The van der Waals surface area contributed by atoms with Gasteiger partial charge < -0.3 is 5.11 Å². The van der Waals surface area contributed by atoms with Crippen LogP contribution in [0.2, 0.25) is 0 Å². The minimum absolute atomic E-state index is 0.245. The van der Waals surface area contributed by atoms with Gasteiger partial charge in [-0.05, 0) is 28.8 Å². The Morgan fingerprint density at radius 2 is 2.11 bits per heavy atom. The average molecular weight is 317 g/mol. The zero-order chi connectivity index (χ0) is 14.5. The monoisotopic (exact) mass is 317 g/mol. The first kappa shape index (κ1) is 16.4. The zero-order valence-electron chi connectivity index (χ0n) is 9.85. The summed E-state index contributed by atoms with van der Waals surface area (Å²) in [6, 6.07) is 1.65. The van der Waals surface area contributed by atoms with E-state index < -0.39 is 40.9 Å². The number of halogens is 3. The van der Waals surface area contributed by atoms with Crippen LogP contribution in [-0.4, -0.2) is 32.0 Å². The first-order valence-corrected chi connectivity index (χ1v) is 8.03. The van der Waals surface area contributed by atoms with Crippen molar-refractivity contribution in [2.24, 2.45) is 0 Å². The zero-order valence-corrected chi connectivity index (χ0v) is 11.5. The molecule has 1 atom stereocenters. The second-order valence-electron chi connectivity index (χ2n) is 3.96. The van der Waals surface area contributed by atoms with Crippen molar-refractivity contribution >= 4 is 21.4 Å². The van der Waals surface area contributed by atoms with Crippen molar-refractivity contribution in [3.63, 3.8) is 0 Å². The van der Waals surface area contributed by atoms with Crippen LogP contribution in [0.25, 0.3) is 0 Å². The highest BCUT2D eigenvalue weighted by Crippen LogP contribution is 2.21. The van der Waals surface area contributed by atoms with E-state index in [1.54, 1.807) is 16.8 Å². The van der Waals surface area contributed by atoms with Gasteiger partial charge in [-0.3, -0.25) is 0 Å². The summed E-state index contributed by atoms with van der Waals surface area (Å²) in [6.45, 7) is -0.245. The van der Waals surface area contributed by atoms with Gasteiger partial charge in [-0.15, -0.1) is 0 Å². The van der Waals surface area contributed by atoms with Gasteiger partial charge in [0, 0.05) is 13.0 Å². The third-order valence-electron chi connectivity index (χ3n) is 2.30. The van der Waals surface area contributed by atoms with Crippen LogP contribution in [0.5, 0.6) is 0 Å². The second kappa shape index (κ2) is 6.69. The molecule has 0 bridgehead atoms. The number of thiophene rings is 1. The van der Waals surface area contributed by atoms with Crippen molar-refractivity contribution in [3.05, 3.63) is 22.4 Å². The van der Waals surface area contributed by atoms with Crippen molar-refractivity contribution in [1.29, 1.82) is 0 Å². The fraction of sp³-hybridized carbons (Fsp3) is 0.600. The molecule has 19 heavy (non-hydrogen) atoms. The van der Waals surface area contributed by atoms with E-state index in [1.165, 1.54) is 11.3 Å². The van der Waals surface area contributed by atoms with Crippen LogP contribution >= 0.6 is 11.3 Å². The highest BCUT2D eigenvalue weighted by atomic mass is 32.2. The molecule has 1 heterocycles. The Morgan fingerprint density at radius 3 is 2.63 bits per heavy atom. The summed E-state index contributed by atoms with van der Waals surface area (Å²) in [5, 5.41) is 13.0. The maximum absolute atomic E-state index is 11.9. The lowest BCUT2D eigenvalue weighted by Gasteiger charge is -2.11. The van der Waals surface area contributed by atoms with Crippen molar-refractivity contribution in [1.82, 2.24) is 4.72 Å². The van der Waals surface area contributed by atoms with E-state index in [2.05, 4.69) is 4.72 Å². The van der Waals surface area contributed by atoms with Gasteiger partial charge in [0.15, 0.2) is 0 Å². The van der Waals surface area contributed by atoms with Gasteiger partial charge in [-0.25, -0.2) is 13.1 Å². The third kappa shape index (κ3) is 6.90. The first-order valence-electron chi connectivity index (χ1n) is 5.44. The average Bonchev–Trinajstić information content (AvgIpc) is 2.77. The molecule has 0 saturated heterocycles. The number of aliphatic hydroxyl groups is 1. The van der Waals surface area contributed by atoms with Crippen LogP contribution < -0.4 is 4.72 Å².